The van der Waals surface area contributed by atoms with Crippen molar-refractivity contribution in [2.75, 3.05) is 43.6 Å². The van der Waals surface area contributed by atoms with E-state index in [9.17, 15) is 5.11 Å². The lowest BCUT2D eigenvalue weighted by Crippen LogP contribution is -2.38. The van der Waals surface area contributed by atoms with Gasteiger partial charge in [0.05, 0.1) is 36.5 Å². The Balaban J connectivity index is 2.12. The van der Waals surface area contributed by atoms with Gasteiger partial charge in [-0.1, -0.05) is 6.08 Å². The van der Waals surface area contributed by atoms with Crippen LogP contribution in [0.5, 0.6) is 0 Å². The van der Waals surface area contributed by atoms with Crippen molar-refractivity contribution in [1.29, 1.82) is 0 Å². The number of aliphatic hydroxyl groups is 1. The van der Waals surface area contributed by atoms with Crippen molar-refractivity contribution >= 4 is 11.4 Å². The summed E-state index contributed by atoms with van der Waals surface area (Å²) in [4.78, 5) is 6.36. The highest BCUT2D eigenvalue weighted by Gasteiger charge is 2.17. The minimum Gasteiger partial charge on any atom is -0.378 e. The van der Waals surface area contributed by atoms with Gasteiger partial charge in [-0.05, 0) is 13.0 Å². The number of anilines is 2. The molecule has 0 amide bonds. The largest absolute Gasteiger partial charge is 0.378 e. The smallest absolute Gasteiger partial charge is 0.166 e. The summed E-state index contributed by atoms with van der Waals surface area (Å²) in [6.07, 6.45) is 4.44. The second-order valence-corrected chi connectivity index (χ2v) is 4.66. The molecule has 2 rings (SSSR count). The van der Waals surface area contributed by atoms with Crippen molar-refractivity contribution in [2.24, 2.45) is 0 Å². The van der Waals surface area contributed by atoms with E-state index >= 15 is 0 Å². The first kappa shape index (κ1) is 15.6. The summed E-state index contributed by atoms with van der Waals surface area (Å²) >= 11 is 0. The molecule has 0 radical (unpaired) electrons. The summed E-state index contributed by atoms with van der Waals surface area (Å²) in [7, 11) is 1.75. The Kier molecular flexibility index (Phi) is 5.79. The van der Waals surface area contributed by atoms with E-state index in [1.54, 1.807) is 25.5 Å². The predicted octanol–water partition coefficient (Wildman–Crippen LogP) is 0.276. The maximum Gasteiger partial charge on any atom is 0.166 e. The number of pyridine rings is 1. The molecule has 7 nitrogen and oxygen atoms in total. The maximum atomic E-state index is 10.3. The number of morpholine rings is 1. The minimum absolute atomic E-state index is 0.647. The maximum absolute atomic E-state index is 10.3. The molecule has 21 heavy (non-hydrogen) atoms. The van der Waals surface area contributed by atoms with Gasteiger partial charge in [0.25, 0.3) is 0 Å². The Hall–Kier alpha value is -1.83. The van der Waals surface area contributed by atoms with Crippen LogP contribution < -0.4 is 21.1 Å². The van der Waals surface area contributed by atoms with Crippen LogP contribution in [0.15, 0.2) is 30.2 Å². The fourth-order valence-corrected chi connectivity index (χ4v) is 2.25. The van der Waals surface area contributed by atoms with Crippen molar-refractivity contribution in [1.82, 2.24) is 15.8 Å². The van der Waals surface area contributed by atoms with E-state index in [0.717, 1.165) is 24.5 Å². The third kappa shape index (κ3) is 4.07. The molecule has 0 saturated carbocycles. The third-order valence-electron chi connectivity index (χ3n) is 3.32. The van der Waals surface area contributed by atoms with Gasteiger partial charge in [-0.15, -0.1) is 0 Å². The monoisotopic (exact) mass is 293 g/mol. The lowest BCUT2D eigenvalue weighted by Gasteiger charge is -2.31. The van der Waals surface area contributed by atoms with Gasteiger partial charge < -0.3 is 25.5 Å². The summed E-state index contributed by atoms with van der Waals surface area (Å²) in [6, 6.07) is 1.95. The summed E-state index contributed by atoms with van der Waals surface area (Å²) in [6.45, 7) is 4.95. The number of nitrogens with one attached hydrogen (secondary N) is 3. The molecule has 1 saturated heterocycles. The lowest BCUT2D eigenvalue weighted by molar-refractivity contribution is 0.122. The van der Waals surface area contributed by atoms with Crippen LogP contribution in [0.3, 0.4) is 0 Å². The number of rotatable bonds is 6. The molecule has 0 spiro atoms. The van der Waals surface area contributed by atoms with E-state index in [4.69, 9.17) is 4.74 Å². The number of nitrogens with zero attached hydrogens (tertiary/aromatic N) is 2. The molecule has 0 bridgehead atoms. The zero-order valence-corrected chi connectivity index (χ0v) is 12.5. The Labute approximate surface area is 125 Å². The molecule has 1 aromatic rings. The molecule has 1 unspecified atom stereocenters. The molecule has 1 fully saturated rings. The average molecular weight is 293 g/mol. The van der Waals surface area contributed by atoms with Gasteiger partial charge in [0.2, 0.25) is 0 Å². The van der Waals surface area contributed by atoms with Crippen molar-refractivity contribution < 1.29 is 9.84 Å². The fraction of sp³-hybridized carbons (Fsp3) is 0.500. The molecule has 1 aromatic heterocycles. The van der Waals surface area contributed by atoms with Crippen molar-refractivity contribution in [3.05, 3.63) is 30.2 Å². The van der Waals surface area contributed by atoms with Gasteiger partial charge >= 0.3 is 0 Å². The number of hydrogen-bond donors (Lipinski definition) is 4. The van der Waals surface area contributed by atoms with E-state index in [2.05, 4.69) is 26.1 Å². The first-order valence-corrected chi connectivity index (χ1v) is 7.06. The number of hydrazine groups is 1. The summed E-state index contributed by atoms with van der Waals surface area (Å²) in [5.41, 5.74) is 8.16. The van der Waals surface area contributed by atoms with Crippen LogP contribution in [-0.2, 0) is 4.74 Å². The van der Waals surface area contributed by atoms with Gasteiger partial charge in [-0.25, -0.2) is 5.43 Å². The Bertz CT molecular complexity index is 474. The quantitative estimate of drug-likeness (QED) is 0.443. The second-order valence-electron chi connectivity index (χ2n) is 4.66. The zero-order valence-electron chi connectivity index (χ0n) is 12.5. The first-order valence-electron chi connectivity index (χ1n) is 7.06. The standard InChI is InChI=1S/C14H23N5O2/c1-3-11(18-15-2)14(20)17-12-10-16-5-4-13(12)19-6-8-21-9-7-19/h3-5,10,14-15,17-18,20H,6-9H2,1-2H3/b11-3-. The number of allylic oxidation sites excluding steroid dienone is 1. The fourth-order valence-electron chi connectivity index (χ4n) is 2.25. The van der Waals surface area contributed by atoms with Crippen molar-refractivity contribution in [2.45, 2.75) is 13.2 Å². The molecule has 1 aliphatic heterocycles. The molecule has 1 aliphatic rings. The molecular weight excluding hydrogens is 270 g/mol. The van der Waals surface area contributed by atoms with Crippen molar-refractivity contribution in [3.63, 3.8) is 0 Å². The number of aromatic nitrogens is 1. The number of aliphatic hydroxyl groups excluding tert-OH is 1. The minimum atomic E-state index is -0.841. The van der Waals surface area contributed by atoms with Crippen LogP contribution in [-0.4, -0.2) is 49.7 Å². The van der Waals surface area contributed by atoms with Crippen LogP contribution >= 0.6 is 0 Å². The summed E-state index contributed by atoms with van der Waals surface area (Å²) < 4.78 is 5.38. The zero-order chi connectivity index (χ0) is 15.1. The van der Waals surface area contributed by atoms with Crippen LogP contribution in [0.1, 0.15) is 6.92 Å². The van der Waals surface area contributed by atoms with Gasteiger partial charge in [-0.2, -0.15) is 0 Å². The highest BCUT2D eigenvalue weighted by atomic mass is 16.5. The molecule has 116 valence electrons. The second kappa shape index (κ2) is 7.82. The Morgan fingerprint density at radius 3 is 2.90 bits per heavy atom. The van der Waals surface area contributed by atoms with Gasteiger partial charge in [0.1, 0.15) is 0 Å². The Morgan fingerprint density at radius 1 is 1.48 bits per heavy atom. The van der Waals surface area contributed by atoms with E-state index in [0.29, 0.717) is 18.9 Å². The van der Waals surface area contributed by atoms with Gasteiger partial charge in [0.15, 0.2) is 6.23 Å². The van der Waals surface area contributed by atoms with E-state index < -0.39 is 6.23 Å². The van der Waals surface area contributed by atoms with Gasteiger partial charge in [0, 0.05) is 26.3 Å². The summed E-state index contributed by atoms with van der Waals surface area (Å²) in [5.74, 6) is 0. The van der Waals surface area contributed by atoms with Crippen LogP contribution in [0.4, 0.5) is 11.4 Å². The summed E-state index contributed by atoms with van der Waals surface area (Å²) in [5, 5.41) is 13.3. The molecule has 2 heterocycles. The van der Waals surface area contributed by atoms with Crippen molar-refractivity contribution in [3.8, 4) is 0 Å². The van der Waals surface area contributed by atoms with E-state index in [1.807, 2.05) is 13.0 Å². The molecule has 0 aliphatic carbocycles. The first-order chi connectivity index (χ1) is 10.3. The molecule has 1 atom stereocenters. The molecule has 0 aromatic carbocycles. The molecular formula is C14H23N5O2. The normalized spacial score (nSPS) is 17.5. The van der Waals surface area contributed by atoms with Crippen LogP contribution in [0.2, 0.25) is 0 Å². The number of ether oxygens (including phenoxy) is 1. The SMILES string of the molecule is C/C=C(\NNC)C(O)Nc1cnccc1N1CCOCC1. The third-order valence-corrected chi connectivity index (χ3v) is 3.32. The predicted molar refractivity (Wildman–Crippen MR) is 82.9 cm³/mol. The van der Waals surface area contributed by atoms with Gasteiger partial charge in [-0.3, -0.25) is 4.98 Å². The topological polar surface area (TPSA) is 81.7 Å². The van der Waals surface area contributed by atoms with Crippen LogP contribution in [0, 0.1) is 0 Å². The molecule has 7 heteroatoms. The van der Waals surface area contributed by atoms with E-state index in [-0.39, 0.29) is 0 Å². The Morgan fingerprint density at radius 2 is 2.24 bits per heavy atom. The van der Waals surface area contributed by atoms with Crippen LogP contribution in [0.25, 0.3) is 0 Å². The lowest BCUT2D eigenvalue weighted by atomic mass is 10.2. The number of hydrogen-bond acceptors (Lipinski definition) is 7. The molecule has 4 N–H and O–H groups in total. The highest BCUT2D eigenvalue weighted by molar-refractivity contribution is 5.69. The highest BCUT2D eigenvalue weighted by Crippen LogP contribution is 2.26. The van der Waals surface area contributed by atoms with E-state index in [1.165, 1.54) is 0 Å². The average Bonchev–Trinajstić information content (AvgIpc) is 2.54.